The first-order chi connectivity index (χ1) is 8.85. The third-order valence-corrected chi connectivity index (χ3v) is 3.22. The van der Waals surface area contributed by atoms with Crippen molar-refractivity contribution in [2.75, 3.05) is 18.0 Å². The van der Waals surface area contributed by atoms with Crippen molar-refractivity contribution >= 4 is 6.01 Å². The van der Waals surface area contributed by atoms with Gasteiger partial charge in [-0.1, -0.05) is 20.3 Å². The highest BCUT2D eigenvalue weighted by atomic mass is 16.4. The van der Waals surface area contributed by atoms with E-state index in [4.69, 9.17) is 4.42 Å². The summed E-state index contributed by atoms with van der Waals surface area (Å²) in [5.41, 5.74) is 1.06. The molecule has 1 rings (SSSR count). The molecule has 1 N–H and O–H groups in total. The second-order valence-electron chi connectivity index (χ2n) is 6.28. The van der Waals surface area contributed by atoms with E-state index in [0.717, 1.165) is 31.3 Å². The van der Waals surface area contributed by atoms with Crippen LogP contribution >= 0.6 is 0 Å². The van der Waals surface area contributed by atoms with Gasteiger partial charge in [-0.15, -0.1) is 0 Å². The quantitative estimate of drug-likeness (QED) is 0.821. The van der Waals surface area contributed by atoms with Crippen molar-refractivity contribution in [2.24, 2.45) is 5.92 Å². The number of nitrogens with one attached hydrogen (secondary N) is 1. The molecule has 0 aromatic carbocycles. The van der Waals surface area contributed by atoms with Crippen LogP contribution in [0.5, 0.6) is 0 Å². The molecule has 1 atom stereocenters. The van der Waals surface area contributed by atoms with Crippen molar-refractivity contribution in [1.29, 1.82) is 0 Å². The van der Waals surface area contributed by atoms with E-state index in [1.165, 1.54) is 6.42 Å². The number of nitrogens with zero attached hydrogens (tertiary/aromatic N) is 2. The molecular weight excluding hydrogens is 238 g/mol. The minimum atomic E-state index is 0.0975. The molecule has 0 saturated heterocycles. The molecule has 1 unspecified atom stereocenters. The summed E-state index contributed by atoms with van der Waals surface area (Å²) < 4.78 is 5.60. The van der Waals surface area contributed by atoms with Crippen molar-refractivity contribution in [3.63, 3.8) is 0 Å². The SMILES string of the molecule is CCC(C)CN(CC)c1nc(CNC(C)(C)C)co1. The predicted octanol–water partition coefficient (Wildman–Crippen LogP) is 3.44. The summed E-state index contributed by atoms with van der Waals surface area (Å²) in [5.74, 6) is 0.656. The summed E-state index contributed by atoms with van der Waals surface area (Å²) in [6.45, 7) is 15.7. The molecule has 0 spiro atoms. The van der Waals surface area contributed by atoms with Gasteiger partial charge in [0.1, 0.15) is 6.26 Å². The molecule has 19 heavy (non-hydrogen) atoms. The van der Waals surface area contributed by atoms with Crippen LogP contribution in [0.15, 0.2) is 10.7 Å². The molecule has 110 valence electrons. The first-order valence-electron chi connectivity index (χ1n) is 7.30. The van der Waals surface area contributed by atoms with Crippen molar-refractivity contribution in [3.05, 3.63) is 12.0 Å². The molecule has 1 heterocycles. The van der Waals surface area contributed by atoms with Gasteiger partial charge in [0.2, 0.25) is 0 Å². The van der Waals surface area contributed by atoms with E-state index >= 15 is 0 Å². The lowest BCUT2D eigenvalue weighted by molar-refractivity contribution is 0.421. The fraction of sp³-hybridized carbons (Fsp3) is 0.800. The Hall–Kier alpha value is -1.03. The fourth-order valence-corrected chi connectivity index (χ4v) is 1.73. The lowest BCUT2D eigenvalue weighted by atomic mass is 10.1. The summed E-state index contributed by atoms with van der Waals surface area (Å²) in [6.07, 6.45) is 2.93. The van der Waals surface area contributed by atoms with Gasteiger partial charge in [0.05, 0.1) is 5.69 Å². The topological polar surface area (TPSA) is 41.3 Å². The van der Waals surface area contributed by atoms with Crippen LogP contribution in [-0.4, -0.2) is 23.6 Å². The van der Waals surface area contributed by atoms with Crippen LogP contribution in [0.25, 0.3) is 0 Å². The number of rotatable bonds is 7. The van der Waals surface area contributed by atoms with Crippen molar-refractivity contribution in [3.8, 4) is 0 Å². The Bertz CT molecular complexity index is 368. The number of anilines is 1. The molecular formula is C15H29N3O. The molecule has 1 aromatic rings. The Kier molecular flexibility index (Phi) is 5.85. The summed E-state index contributed by atoms with van der Waals surface area (Å²) in [6, 6.07) is 0.744. The highest BCUT2D eigenvalue weighted by Crippen LogP contribution is 2.16. The first kappa shape index (κ1) is 16.0. The van der Waals surface area contributed by atoms with Gasteiger partial charge in [0, 0.05) is 25.2 Å². The molecule has 0 aliphatic heterocycles. The second kappa shape index (κ2) is 6.94. The Morgan fingerprint density at radius 2 is 2.05 bits per heavy atom. The monoisotopic (exact) mass is 267 g/mol. The number of hydrogen-bond donors (Lipinski definition) is 1. The van der Waals surface area contributed by atoms with Crippen LogP contribution in [0.3, 0.4) is 0 Å². The van der Waals surface area contributed by atoms with Crippen LogP contribution in [-0.2, 0) is 6.54 Å². The van der Waals surface area contributed by atoms with Crippen LogP contribution < -0.4 is 10.2 Å². The molecule has 0 fully saturated rings. The maximum Gasteiger partial charge on any atom is 0.297 e. The van der Waals surface area contributed by atoms with Crippen LogP contribution in [0.4, 0.5) is 6.01 Å². The number of oxazole rings is 1. The van der Waals surface area contributed by atoms with E-state index < -0.39 is 0 Å². The van der Waals surface area contributed by atoms with E-state index in [9.17, 15) is 0 Å². The normalized spacial score (nSPS) is 13.6. The largest absolute Gasteiger partial charge is 0.432 e. The van der Waals surface area contributed by atoms with Crippen molar-refractivity contribution in [2.45, 2.75) is 60.0 Å². The third-order valence-electron chi connectivity index (χ3n) is 3.22. The Labute approximate surface area is 117 Å². The molecule has 0 radical (unpaired) electrons. The predicted molar refractivity (Wildman–Crippen MR) is 80.4 cm³/mol. The Morgan fingerprint density at radius 1 is 1.37 bits per heavy atom. The summed E-state index contributed by atoms with van der Waals surface area (Å²) >= 11 is 0. The summed E-state index contributed by atoms with van der Waals surface area (Å²) in [5, 5.41) is 3.42. The van der Waals surface area contributed by atoms with Gasteiger partial charge in [-0.25, -0.2) is 0 Å². The van der Waals surface area contributed by atoms with Crippen LogP contribution in [0.1, 0.15) is 53.7 Å². The molecule has 0 aliphatic rings. The molecule has 1 aromatic heterocycles. The smallest absolute Gasteiger partial charge is 0.297 e. The van der Waals surface area contributed by atoms with Crippen molar-refractivity contribution < 1.29 is 4.42 Å². The fourth-order valence-electron chi connectivity index (χ4n) is 1.73. The van der Waals surface area contributed by atoms with Crippen molar-refractivity contribution in [1.82, 2.24) is 10.3 Å². The van der Waals surface area contributed by atoms with Gasteiger partial charge in [-0.2, -0.15) is 4.98 Å². The van der Waals surface area contributed by atoms with E-state index in [0.29, 0.717) is 5.92 Å². The van der Waals surface area contributed by atoms with Gasteiger partial charge < -0.3 is 14.6 Å². The minimum absolute atomic E-state index is 0.0975. The van der Waals surface area contributed by atoms with E-state index in [-0.39, 0.29) is 5.54 Å². The van der Waals surface area contributed by atoms with Gasteiger partial charge in [-0.3, -0.25) is 0 Å². The van der Waals surface area contributed by atoms with E-state index in [1.807, 2.05) is 0 Å². The standard InChI is InChI=1S/C15H29N3O/c1-7-12(3)10-18(8-2)14-17-13(11-19-14)9-16-15(4,5)6/h11-12,16H,7-10H2,1-6H3. The second-order valence-corrected chi connectivity index (χ2v) is 6.28. The van der Waals surface area contributed by atoms with Gasteiger partial charge in [0.15, 0.2) is 0 Å². The highest BCUT2D eigenvalue weighted by Gasteiger charge is 2.15. The lowest BCUT2D eigenvalue weighted by Gasteiger charge is -2.22. The summed E-state index contributed by atoms with van der Waals surface area (Å²) in [4.78, 5) is 6.77. The zero-order chi connectivity index (χ0) is 14.5. The maximum absolute atomic E-state index is 5.60. The van der Waals surface area contributed by atoms with Crippen LogP contribution in [0.2, 0.25) is 0 Å². The highest BCUT2D eigenvalue weighted by molar-refractivity contribution is 5.26. The van der Waals surface area contributed by atoms with Crippen LogP contribution in [0, 0.1) is 5.92 Å². The maximum atomic E-state index is 5.60. The first-order valence-corrected chi connectivity index (χ1v) is 7.30. The molecule has 0 saturated carbocycles. The Morgan fingerprint density at radius 3 is 2.58 bits per heavy atom. The summed E-state index contributed by atoms with van der Waals surface area (Å²) in [7, 11) is 0. The Balaban J connectivity index is 2.61. The molecule has 4 heteroatoms. The average Bonchev–Trinajstić information content (AvgIpc) is 2.81. The number of hydrogen-bond acceptors (Lipinski definition) is 4. The third kappa shape index (κ3) is 5.64. The van der Waals surface area contributed by atoms with Gasteiger partial charge >= 0.3 is 0 Å². The van der Waals surface area contributed by atoms with E-state index in [1.54, 1.807) is 6.26 Å². The number of aromatic nitrogens is 1. The van der Waals surface area contributed by atoms with Gasteiger partial charge in [0.25, 0.3) is 6.01 Å². The molecule has 0 amide bonds. The molecule has 0 aliphatic carbocycles. The lowest BCUT2D eigenvalue weighted by Crippen LogP contribution is -2.35. The average molecular weight is 267 g/mol. The zero-order valence-corrected chi connectivity index (χ0v) is 13.3. The molecule has 0 bridgehead atoms. The van der Waals surface area contributed by atoms with Gasteiger partial charge in [-0.05, 0) is 33.6 Å². The zero-order valence-electron chi connectivity index (χ0n) is 13.3. The minimum Gasteiger partial charge on any atom is -0.432 e. The molecule has 4 nitrogen and oxygen atoms in total. The van der Waals surface area contributed by atoms with E-state index in [2.05, 4.69) is 56.7 Å².